The molecular weight excluding hydrogens is 246 g/mol. The van der Waals surface area contributed by atoms with Crippen molar-refractivity contribution in [1.29, 1.82) is 0 Å². The second-order valence-corrected chi connectivity index (χ2v) is 4.18. The first-order valence-corrected chi connectivity index (χ1v) is 6.52. The van der Waals surface area contributed by atoms with E-state index in [1.807, 2.05) is 0 Å². The monoisotopic (exact) mass is 267 g/mol. The highest BCUT2D eigenvalue weighted by Gasteiger charge is 2.09. The zero-order chi connectivity index (χ0) is 13.9. The van der Waals surface area contributed by atoms with E-state index in [0.717, 1.165) is 25.8 Å². The first-order chi connectivity index (χ1) is 9.25. The van der Waals surface area contributed by atoms with Gasteiger partial charge in [0.2, 0.25) is 0 Å². The Morgan fingerprint density at radius 3 is 2.68 bits per heavy atom. The van der Waals surface area contributed by atoms with Crippen molar-refractivity contribution in [3.63, 3.8) is 0 Å². The summed E-state index contributed by atoms with van der Waals surface area (Å²) in [6.45, 7) is 2.23. The predicted molar refractivity (Wildman–Crippen MR) is 72.7 cm³/mol. The molecule has 19 heavy (non-hydrogen) atoms. The molecule has 1 aromatic carbocycles. The molecule has 0 aromatic heterocycles. The van der Waals surface area contributed by atoms with E-state index < -0.39 is 5.97 Å². The highest BCUT2D eigenvalue weighted by Crippen LogP contribution is 2.17. The molecule has 0 unspecified atom stereocenters. The second-order valence-electron chi connectivity index (χ2n) is 4.18. The molecule has 5 nitrogen and oxygen atoms in total. The Hall–Kier alpha value is -1.59. The number of nitrogens with one attached hydrogen (secondary N) is 1. The summed E-state index contributed by atoms with van der Waals surface area (Å²) in [5.74, 6) is -0.579. The van der Waals surface area contributed by atoms with Crippen LogP contribution in [0.4, 0.5) is 0 Å². The van der Waals surface area contributed by atoms with Gasteiger partial charge in [-0.2, -0.15) is 0 Å². The number of unbranched alkanes of at least 4 members (excludes halogenated alkanes) is 2. The van der Waals surface area contributed by atoms with E-state index in [2.05, 4.69) is 5.32 Å². The summed E-state index contributed by atoms with van der Waals surface area (Å²) in [5.41, 5.74) is 0.186. The van der Waals surface area contributed by atoms with Gasteiger partial charge >= 0.3 is 5.97 Å². The van der Waals surface area contributed by atoms with E-state index in [1.165, 1.54) is 6.07 Å². The van der Waals surface area contributed by atoms with Crippen LogP contribution >= 0.6 is 0 Å². The van der Waals surface area contributed by atoms with E-state index in [0.29, 0.717) is 18.9 Å². The molecule has 0 heterocycles. The molecule has 3 N–H and O–H groups in total. The SMILES string of the molecule is O=C(O)c1ccccc1OCCNCCCCCO. The van der Waals surface area contributed by atoms with Gasteiger partial charge in [0.1, 0.15) is 17.9 Å². The summed E-state index contributed by atoms with van der Waals surface area (Å²) < 4.78 is 5.44. The Morgan fingerprint density at radius 2 is 1.95 bits per heavy atom. The molecule has 0 aliphatic carbocycles. The van der Waals surface area contributed by atoms with Crippen molar-refractivity contribution in [1.82, 2.24) is 5.32 Å². The Labute approximate surface area is 113 Å². The summed E-state index contributed by atoms with van der Waals surface area (Å²) in [7, 11) is 0. The number of rotatable bonds is 10. The van der Waals surface area contributed by atoms with E-state index >= 15 is 0 Å². The quantitative estimate of drug-likeness (QED) is 0.560. The fourth-order valence-electron chi connectivity index (χ4n) is 1.67. The fourth-order valence-corrected chi connectivity index (χ4v) is 1.67. The number of ether oxygens (including phenoxy) is 1. The number of carbonyl (C=O) groups is 1. The molecule has 0 saturated heterocycles. The van der Waals surface area contributed by atoms with E-state index in [4.69, 9.17) is 14.9 Å². The molecule has 0 saturated carbocycles. The smallest absolute Gasteiger partial charge is 0.339 e. The Kier molecular flexibility index (Phi) is 7.62. The van der Waals surface area contributed by atoms with Gasteiger partial charge in [0.15, 0.2) is 0 Å². The summed E-state index contributed by atoms with van der Waals surface area (Å²) in [6.07, 6.45) is 2.86. The average Bonchev–Trinajstić information content (AvgIpc) is 2.42. The molecule has 1 aromatic rings. The van der Waals surface area contributed by atoms with Crippen LogP contribution in [-0.2, 0) is 0 Å². The van der Waals surface area contributed by atoms with Gasteiger partial charge in [0.25, 0.3) is 0 Å². The van der Waals surface area contributed by atoms with Crippen LogP contribution in [-0.4, -0.2) is 42.5 Å². The average molecular weight is 267 g/mol. The maximum atomic E-state index is 10.9. The Balaban J connectivity index is 2.17. The lowest BCUT2D eigenvalue weighted by atomic mass is 10.2. The number of para-hydroxylation sites is 1. The van der Waals surface area contributed by atoms with Gasteiger partial charge < -0.3 is 20.3 Å². The maximum absolute atomic E-state index is 10.9. The van der Waals surface area contributed by atoms with Crippen molar-refractivity contribution >= 4 is 5.97 Å². The van der Waals surface area contributed by atoms with Gasteiger partial charge in [-0.1, -0.05) is 12.1 Å². The summed E-state index contributed by atoms with van der Waals surface area (Å²) in [5, 5.41) is 20.8. The highest BCUT2D eigenvalue weighted by molar-refractivity contribution is 5.90. The molecule has 0 spiro atoms. The number of hydrogen-bond acceptors (Lipinski definition) is 4. The molecule has 106 valence electrons. The van der Waals surface area contributed by atoms with Gasteiger partial charge in [-0.15, -0.1) is 0 Å². The zero-order valence-corrected chi connectivity index (χ0v) is 11.0. The number of hydrogen-bond donors (Lipinski definition) is 3. The minimum Gasteiger partial charge on any atom is -0.491 e. The lowest BCUT2D eigenvalue weighted by Gasteiger charge is -2.09. The van der Waals surface area contributed by atoms with Gasteiger partial charge in [0.05, 0.1) is 0 Å². The minimum absolute atomic E-state index is 0.186. The van der Waals surface area contributed by atoms with Gasteiger partial charge in [-0.05, 0) is 37.9 Å². The third-order valence-electron chi connectivity index (χ3n) is 2.67. The van der Waals surface area contributed by atoms with Crippen LogP contribution in [0, 0.1) is 0 Å². The number of carboxylic acids is 1. The molecule has 0 aliphatic heterocycles. The number of aliphatic hydroxyl groups excluding tert-OH is 1. The summed E-state index contributed by atoms with van der Waals surface area (Å²) in [6, 6.07) is 6.62. The van der Waals surface area contributed by atoms with Crippen molar-refractivity contribution in [2.45, 2.75) is 19.3 Å². The zero-order valence-electron chi connectivity index (χ0n) is 11.0. The number of aromatic carboxylic acids is 1. The van der Waals surface area contributed by atoms with E-state index in [9.17, 15) is 4.79 Å². The minimum atomic E-state index is -0.979. The van der Waals surface area contributed by atoms with Crippen LogP contribution in [0.15, 0.2) is 24.3 Å². The highest BCUT2D eigenvalue weighted by atomic mass is 16.5. The van der Waals surface area contributed by atoms with Crippen molar-refractivity contribution in [2.24, 2.45) is 0 Å². The topological polar surface area (TPSA) is 78.8 Å². The first kappa shape index (κ1) is 15.5. The standard InChI is InChI=1S/C14H21NO4/c16-10-5-1-4-8-15-9-11-19-13-7-3-2-6-12(13)14(17)18/h2-3,6-7,15-16H,1,4-5,8-11H2,(H,17,18). The van der Waals surface area contributed by atoms with Gasteiger partial charge in [-0.25, -0.2) is 4.79 Å². The maximum Gasteiger partial charge on any atom is 0.339 e. The molecule has 1 rings (SSSR count). The largest absolute Gasteiger partial charge is 0.491 e. The van der Waals surface area contributed by atoms with Crippen molar-refractivity contribution in [3.05, 3.63) is 29.8 Å². The van der Waals surface area contributed by atoms with Crippen molar-refractivity contribution in [3.8, 4) is 5.75 Å². The van der Waals surface area contributed by atoms with E-state index in [-0.39, 0.29) is 12.2 Å². The number of carboxylic acid groups (broad SMARTS) is 1. The molecule has 0 amide bonds. The van der Waals surface area contributed by atoms with E-state index in [1.54, 1.807) is 18.2 Å². The molecule has 0 atom stereocenters. The fraction of sp³-hybridized carbons (Fsp3) is 0.500. The second kappa shape index (κ2) is 9.35. The van der Waals surface area contributed by atoms with Crippen LogP contribution in [0.2, 0.25) is 0 Å². The van der Waals surface area contributed by atoms with Crippen LogP contribution in [0.25, 0.3) is 0 Å². The van der Waals surface area contributed by atoms with Gasteiger partial charge in [0, 0.05) is 13.2 Å². The predicted octanol–water partition coefficient (Wildman–Crippen LogP) is 1.52. The van der Waals surface area contributed by atoms with Crippen molar-refractivity contribution in [2.75, 3.05) is 26.3 Å². The number of benzene rings is 1. The molecule has 5 heteroatoms. The third-order valence-corrected chi connectivity index (χ3v) is 2.67. The van der Waals surface area contributed by atoms with Gasteiger partial charge in [-0.3, -0.25) is 0 Å². The lowest BCUT2D eigenvalue weighted by Crippen LogP contribution is -2.22. The van der Waals surface area contributed by atoms with Crippen molar-refractivity contribution < 1.29 is 19.7 Å². The van der Waals surface area contributed by atoms with Crippen LogP contribution in [0.3, 0.4) is 0 Å². The first-order valence-electron chi connectivity index (χ1n) is 6.52. The Morgan fingerprint density at radius 1 is 1.16 bits per heavy atom. The molecular formula is C14H21NO4. The summed E-state index contributed by atoms with van der Waals surface area (Å²) >= 11 is 0. The Bertz CT molecular complexity index is 381. The molecule has 0 bridgehead atoms. The number of aliphatic hydroxyl groups is 1. The van der Waals surface area contributed by atoms with Crippen LogP contribution < -0.4 is 10.1 Å². The van der Waals surface area contributed by atoms with Crippen LogP contribution in [0.1, 0.15) is 29.6 Å². The molecule has 0 fully saturated rings. The van der Waals surface area contributed by atoms with Crippen LogP contribution in [0.5, 0.6) is 5.75 Å². The lowest BCUT2D eigenvalue weighted by molar-refractivity contribution is 0.0692. The normalized spacial score (nSPS) is 10.4. The molecule has 0 aliphatic rings. The summed E-state index contributed by atoms with van der Waals surface area (Å²) in [4.78, 5) is 10.9. The molecule has 0 radical (unpaired) electrons. The third kappa shape index (κ3) is 6.22.